The average molecular weight is 733 g/mol. The molecule has 2 aromatic heterocycles. The number of nitrogens with one attached hydrogen (secondary N) is 1. The van der Waals surface area contributed by atoms with Gasteiger partial charge in [-0.3, -0.25) is 4.79 Å². The first-order valence-corrected chi connectivity index (χ1v) is 16.9. The third kappa shape index (κ3) is 7.83. The maximum Gasteiger partial charge on any atom is 0.435 e. The van der Waals surface area contributed by atoms with Crippen LogP contribution in [0.25, 0.3) is 16.7 Å². The van der Waals surface area contributed by atoms with E-state index in [1.807, 2.05) is 0 Å². The molecule has 4 atom stereocenters. The number of likely N-dealkylation sites (N-methyl/N-ethyl adjacent to an activating group) is 1. The number of amides is 3. The summed E-state index contributed by atoms with van der Waals surface area (Å²) in [7, 11) is 1.65. The van der Waals surface area contributed by atoms with Crippen LogP contribution in [0.4, 0.5) is 18.0 Å². The highest BCUT2D eigenvalue weighted by atomic mass is 35.5. The number of likely N-dealkylation sites (tertiary alicyclic amines) is 1. The molecule has 1 aliphatic heterocycles. The quantitative estimate of drug-likeness (QED) is 0.127. The number of ether oxygens (including phenoxy) is 2. The molecule has 1 aliphatic carbocycles. The largest absolute Gasteiger partial charge is 0.488 e. The summed E-state index contributed by atoms with van der Waals surface area (Å²) in [6.45, 7) is 9.20. The third-order valence-corrected chi connectivity index (χ3v) is 9.55. The number of benzene rings is 1. The number of pyridine rings is 1. The van der Waals surface area contributed by atoms with Crippen LogP contribution >= 0.6 is 11.6 Å². The number of allylic oxidation sites excluding steroid dienone is 1. The van der Waals surface area contributed by atoms with Gasteiger partial charge in [-0.15, -0.1) is 13.2 Å². The number of hydrogen-bond donors (Lipinski definition) is 2. The van der Waals surface area contributed by atoms with Crippen molar-refractivity contribution in [1.82, 2.24) is 29.9 Å². The summed E-state index contributed by atoms with van der Waals surface area (Å²) in [5.74, 6) is -1.18. The highest BCUT2D eigenvalue weighted by Crippen LogP contribution is 2.46. The van der Waals surface area contributed by atoms with Gasteiger partial charge in [-0.05, 0) is 50.3 Å². The number of alkyl halides is 3. The van der Waals surface area contributed by atoms with Crippen molar-refractivity contribution < 1.29 is 42.1 Å². The van der Waals surface area contributed by atoms with Gasteiger partial charge >= 0.3 is 18.2 Å². The van der Waals surface area contributed by atoms with Crippen LogP contribution in [0, 0.1) is 5.92 Å². The Morgan fingerprint density at radius 3 is 2.63 bits per heavy atom. The van der Waals surface area contributed by atoms with Crippen molar-refractivity contribution in [1.29, 1.82) is 0 Å². The molecule has 274 valence electrons. The van der Waals surface area contributed by atoms with Crippen molar-refractivity contribution >= 4 is 40.4 Å². The summed E-state index contributed by atoms with van der Waals surface area (Å²) in [6.07, 6.45) is 1.66. The minimum absolute atomic E-state index is 0.0509. The van der Waals surface area contributed by atoms with E-state index in [0.717, 1.165) is 29.8 Å². The lowest BCUT2D eigenvalue weighted by molar-refractivity contribution is -0.147. The molecule has 3 heterocycles. The summed E-state index contributed by atoms with van der Waals surface area (Å²) in [6, 6.07) is 3.73. The molecular weight excluding hydrogens is 693 g/mol. The van der Waals surface area contributed by atoms with Crippen LogP contribution in [0.15, 0.2) is 55.8 Å². The van der Waals surface area contributed by atoms with E-state index < -0.39 is 48.2 Å². The van der Waals surface area contributed by atoms with Gasteiger partial charge in [0, 0.05) is 43.6 Å². The Hall–Kier alpha value is -4.63. The number of carbonyl (C=O) groups is 3. The predicted molar refractivity (Wildman–Crippen MR) is 182 cm³/mol. The van der Waals surface area contributed by atoms with Crippen molar-refractivity contribution in [2.24, 2.45) is 5.92 Å². The molecule has 2 aliphatic rings. The predicted octanol–water partition coefficient (Wildman–Crippen LogP) is 5.44. The van der Waals surface area contributed by atoms with Crippen LogP contribution < -0.4 is 10.1 Å². The van der Waals surface area contributed by atoms with E-state index in [1.54, 1.807) is 43.2 Å². The Labute approximate surface area is 297 Å². The number of halogens is 4. The minimum Gasteiger partial charge on any atom is -0.488 e. The average Bonchev–Trinajstić information content (AvgIpc) is 3.39. The van der Waals surface area contributed by atoms with Gasteiger partial charge in [0.1, 0.15) is 23.4 Å². The van der Waals surface area contributed by atoms with Crippen LogP contribution in [0.3, 0.4) is 0 Å². The molecule has 0 spiro atoms. The Morgan fingerprint density at radius 1 is 1.24 bits per heavy atom. The van der Waals surface area contributed by atoms with Crippen molar-refractivity contribution in [2.75, 3.05) is 26.7 Å². The second-order valence-corrected chi connectivity index (χ2v) is 12.9. The van der Waals surface area contributed by atoms with E-state index in [4.69, 9.17) is 21.1 Å². The standard InChI is InChI=1S/C35H40ClF3N6O6/c1-5-8-9-10-14-43(4)31(47)25-16-23(19-44(25)33(49)41-34(18-22(34)6-2)32(48)50-7-3)51-26-17-28(45-15-13-27(42-45)35(37,38)39)40-30-24(26)12-11-21(20-46)29(30)36/h5-6,11-13,15,17,22-23,25,46H,1-2,7-10,14,16,18-20H2,3-4H3,(H,41,49)/t22-,23+,25+,34-/m1/s1. The highest BCUT2D eigenvalue weighted by molar-refractivity contribution is 6.36. The number of aromatic nitrogens is 3. The lowest BCUT2D eigenvalue weighted by Crippen LogP contribution is -2.55. The summed E-state index contributed by atoms with van der Waals surface area (Å²) in [4.78, 5) is 48.1. The Kier molecular flexibility index (Phi) is 11.3. The fraction of sp³-hybridized carbons (Fsp3) is 0.457. The number of aliphatic hydroxyl groups is 1. The van der Waals surface area contributed by atoms with Crippen LogP contribution in [0.2, 0.25) is 5.02 Å². The molecule has 0 unspecified atom stereocenters. The Bertz CT molecular complexity index is 1820. The molecule has 1 saturated carbocycles. The van der Waals surface area contributed by atoms with Crippen molar-refractivity contribution in [3.63, 3.8) is 0 Å². The molecule has 16 heteroatoms. The molecule has 0 bridgehead atoms. The molecule has 2 fully saturated rings. The van der Waals surface area contributed by atoms with Gasteiger partial charge in [-0.2, -0.15) is 18.3 Å². The van der Waals surface area contributed by atoms with Gasteiger partial charge in [0.05, 0.1) is 30.3 Å². The van der Waals surface area contributed by atoms with E-state index in [-0.39, 0.29) is 53.5 Å². The summed E-state index contributed by atoms with van der Waals surface area (Å²) in [5.41, 5.74) is -1.98. The number of hydrogen-bond acceptors (Lipinski definition) is 8. The second kappa shape index (κ2) is 15.3. The molecule has 1 saturated heterocycles. The summed E-state index contributed by atoms with van der Waals surface area (Å²) >= 11 is 6.58. The molecule has 2 N–H and O–H groups in total. The van der Waals surface area contributed by atoms with Gasteiger partial charge in [0.25, 0.3) is 0 Å². The number of carbonyl (C=O) groups excluding carboxylic acids is 3. The number of unbranched alkanes of at least 4 members (excludes halogenated alkanes) is 2. The maximum absolute atomic E-state index is 13.9. The molecule has 0 radical (unpaired) electrons. The SMILES string of the molecule is C=CCCCCN(C)C(=O)[C@@H]1C[C@H](Oc2cc(-n3ccc(C(F)(F)F)n3)nc3c(Cl)c(CO)ccc23)CN1C(=O)N[C@]1(C(=O)OCC)C[C@H]1C=C. The number of urea groups is 1. The van der Waals surface area contributed by atoms with Crippen molar-refractivity contribution in [2.45, 2.75) is 69.5 Å². The van der Waals surface area contributed by atoms with Gasteiger partial charge in [-0.25, -0.2) is 19.3 Å². The number of aliphatic hydroxyl groups excluding tert-OH is 1. The van der Waals surface area contributed by atoms with Gasteiger partial charge in [-0.1, -0.05) is 29.8 Å². The lowest BCUT2D eigenvalue weighted by Gasteiger charge is -2.29. The fourth-order valence-corrected chi connectivity index (χ4v) is 6.51. The van der Waals surface area contributed by atoms with Gasteiger partial charge in [0.2, 0.25) is 5.91 Å². The van der Waals surface area contributed by atoms with Gasteiger partial charge < -0.3 is 29.7 Å². The first kappa shape index (κ1) is 37.6. The van der Waals surface area contributed by atoms with Crippen LogP contribution in [0.5, 0.6) is 5.75 Å². The van der Waals surface area contributed by atoms with Crippen LogP contribution in [0.1, 0.15) is 50.3 Å². The zero-order valence-corrected chi connectivity index (χ0v) is 29.0. The number of fused-ring (bicyclic) bond motifs is 1. The second-order valence-electron chi connectivity index (χ2n) is 12.6. The van der Waals surface area contributed by atoms with Crippen LogP contribution in [-0.4, -0.2) is 92.0 Å². The molecular formula is C35H40ClF3N6O6. The zero-order chi connectivity index (χ0) is 37.1. The number of rotatable bonds is 14. The smallest absolute Gasteiger partial charge is 0.435 e. The normalized spacial score (nSPS) is 21.3. The Balaban J connectivity index is 1.48. The monoisotopic (exact) mass is 732 g/mol. The third-order valence-electron chi connectivity index (χ3n) is 9.13. The van der Waals surface area contributed by atoms with E-state index in [0.29, 0.717) is 30.3 Å². The topological polar surface area (TPSA) is 139 Å². The molecule has 5 rings (SSSR count). The lowest BCUT2D eigenvalue weighted by atomic mass is 10.1. The van der Waals surface area contributed by atoms with E-state index in [1.165, 1.54) is 11.0 Å². The first-order valence-electron chi connectivity index (χ1n) is 16.5. The number of esters is 1. The van der Waals surface area contributed by atoms with E-state index in [2.05, 4.69) is 28.6 Å². The molecule has 3 amide bonds. The highest BCUT2D eigenvalue weighted by Gasteiger charge is 2.62. The van der Waals surface area contributed by atoms with E-state index in [9.17, 15) is 32.7 Å². The number of nitrogens with zero attached hydrogens (tertiary/aromatic N) is 5. The molecule has 12 nitrogen and oxygen atoms in total. The van der Waals surface area contributed by atoms with Gasteiger partial charge in [0.15, 0.2) is 11.5 Å². The van der Waals surface area contributed by atoms with Crippen LogP contribution in [-0.2, 0) is 27.1 Å². The maximum atomic E-state index is 13.9. The summed E-state index contributed by atoms with van der Waals surface area (Å²) in [5, 5.41) is 16.7. The zero-order valence-electron chi connectivity index (χ0n) is 28.3. The molecule has 1 aromatic carbocycles. The fourth-order valence-electron chi connectivity index (χ4n) is 6.24. The summed E-state index contributed by atoms with van der Waals surface area (Å²) < 4.78 is 52.8. The minimum atomic E-state index is -4.70. The van der Waals surface area contributed by atoms with Crippen molar-refractivity contribution in [3.8, 4) is 11.6 Å². The first-order chi connectivity index (χ1) is 24.3. The van der Waals surface area contributed by atoms with Crippen molar-refractivity contribution in [3.05, 3.63) is 72.1 Å². The molecule has 3 aromatic rings. The molecule has 51 heavy (non-hydrogen) atoms. The van der Waals surface area contributed by atoms with E-state index >= 15 is 0 Å². The Morgan fingerprint density at radius 2 is 2.00 bits per heavy atom.